The molecule has 0 spiro atoms. The molecule has 0 bridgehead atoms. The van der Waals surface area contributed by atoms with Gasteiger partial charge in [-0.25, -0.2) is 4.79 Å². The second-order valence-corrected chi connectivity index (χ2v) is 7.60. The summed E-state index contributed by atoms with van der Waals surface area (Å²) in [4.78, 5) is 23.8. The summed E-state index contributed by atoms with van der Waals surface area (Å²) in [5.74, 6) is -0.966. The fraction of sp³-hybridized carbons (Fsp3) is 0.250. The number of carboxylic acids is 1. The first-order chi connectivity index (χ1) is 13.4. The van der Waals surface area contributed by atoms with Crippen molar-refractivity contribution in [1.29, 1.82) is 0 Å². The predicted octanol–water partition coefficient (Wildman–Crippen LogP) is 4.83. The van der Waals surface area contributed by atoms with E-state index in [-0.39, 0.29) is 23.4 Å². The first-order valence-corrected chi connectivity index (χ1v) is 9.57. The summed E-state index contributed by atoms with van der Waals surface area (Å²) >= 11 is 0. The van der Waals surface area contributed by atoms with Gasteiger partial charge in [0.1, 0.15) is 0 Å². The zero-order chi connectivity index (χ0) is 19.8. The van der Waals surface area contributed by atoms with E-state index in [2.05, 4.69) is 49.5 Å². The van der Waals surface area contributed by atoms with Crippen molar-refractivity contribution in [3.05, 3.63) is 82.4 Å². The van der Waals surface area contributed by atoms with Crippen molar-refractivity contribution in [3.63, 3.8) is 0 Å². The number of fused-ring (bicyclic) bond motifs is 1. The van der Waals surface area contributed by atoms with E-state index in [1.54, 1.807) is 12.1 Å². The molecular formula is C24H23NO3. The van der Waals surface area contributed by atoms with Gasteiger partial charge < -0.3 is 10.4 Å². The lowest BCUT2D eigenvalue weighted by molar-refractivity contribution is 0.0696. The van der Waals surface area contributed by atoms with E-state index in [4.69, 9.17) is 5.11 Å². The highest BCUT2D eigenvalue weighted by molar-refractivity contribution is 6.01. The highest BCUT2D eigenvalue weighted by atomic mass is 16.4. The summed E-state index contributed by atoms with van der Waals surface area (Å²) in [6.07, 6.45) is 1.68. The lowest BCUT2D eigenvalue weighted by Gasteiger charge is -2.16. The molecule has 4 heteroatoms. The third-order valence-corrected chi connectivity index (χ3v) is 5.76. The van der Waals surface area contributed by atoms with Crippen molar-refractivity contribution >= 4 is 22.5 Å². The number of rotatable bonds is 4. The van der Waals surface area contributed by atoms with E-state index in [1.807, 2.05) is 0 Å². The fourth-order valence-electron chi connectivity index (χ4n) is 4.07. The molecule has 1 saturated heterocycles. The Hall–Kier alpha value is -2.98. The van der Waals surface area contributed by atoms with Crippen LogP contribution in [0.3, 0.4) is 0 Å². The van der Waals surface area contributed by atoms with Crippen LogP contribution in [0, 0.1) is 13.8 Å². The molecule has 142 valence electrons. The number of aryl methyl sites for hydroxylation is 2. The molecule has 0 amide bonds. The molecule has 2 N–H and O–H groups in total. The minimum absolute atomic E-state index is 0.0206. The van der Waals surface area contributed by atoms with E-state index in [0.29, 0.717) is 5.56 Å². The smallest absolute Gasteiger partial charge is 0.335 e. The summed E-state index contributed by atoms with van der Waals surface area (Å²) in [6, 6.07) is 16.9. The highest BCUT2D eigenvalue weighted by Crippen LogP contribution is 2.32. The molecule has 3 aromatic rings. The van der Waals surface area contributed by atoms with Gasteiger partial charge in [0.2, 0.25) is 0 Å². The van der Waals surface area contributed by atoms with E-state index >= 15 is 0 Å². The van der Waals surface area contributed by atoms with E-state index in [1.165, 1.54) is 39.6 Å². The zero-order valence-electron chi connectivity index (χ0n) is 16.0. The van der Waals surface area contributed by atoms with Crippen LogP contribution in [0.5, 0.6) is 0 Å². The zero-order valence-corrected chi connectivity index (χ0v) is 16.0. The van der Waals surface area contributed by atoms with Crippen molar-refractivity contribution in [2.24, 2.45) is 0 Å². The van der Waals surface area contributed by atoms with Crippen LogP contribution in [0.25, 0.3) is 10.8 Å². The second-order valence-electron chi connectivity index (χ2n) is 7.60. The van der Waals surface area contributed by atoms with Gasteiger partial charge in [-0.3, -0.25) is 4.79 Å². The summed E-state index contributed by atoms with van der Waals surface area (Å²) in [5, 5.41) is 15.0. The number of Topliss-reactive ketones (excluding diaryl/α,β-unsaturated/α-hetero) is 1. The molecule has 1 unspecified atom stereocenters. The topological polar surface area (TPSA) is 66.4 Å². The van der Waals surface area contributed by atoms with Crippen molar-refractivity contribution in [2.45, 2.75) is 38.8 Å². The number of benzene rings is 3. The minimum Gasteiger partial charge on any atom is -0.478 e. The van der Waals surface area contributed by atoms with Gasteiger partial charge in [-0.15, -0.1) is 0 Å². The summed E-state index contributed by atoms with van der Waals surface area (Å²) < 4.78 is 0. The molecule has 2 atom stereocenters. The first kappa shape index (κ1) is 18.4. The Morgan fingerprint density at radius 3 is 2.18 bits per heavy atom. The van der Waals surface area contributed by atoms with E-state index in [9.17, 15) is 9.59 Å². The van der Waals surface area contributed by atoms with Gasteiger partial charge in [0, 0.05) is 11.6 Å². The average Bonchev–Trinajstić information content (AvgIpc) is 3.20. The van der Waals surface area contributed by atoms with Gasteiger partial charge in [0.15, 0.2) is 5.78 Å². The molecule has 0 aliphatic carbocycles. The van der Waals surface area contributed by atoms with E-state index < -0.39 is 5.97 Å². The van der Waals surface area contributed by atoms with Gasteiger partial charge in [-0.1, -0.05) is 36.4 Å². The fourth-order valence-corrected chi connectivity index (χ4v) is 4.07. The van der Waals surface area contributed by atoms with Crippen LogP contribution in [0.15, 0.2) is 54.6 Å². The normalized spacial score (nSPS) is 19.1. The molecule has 3 aromatic carbocycles. The molecule has 28 heavy (non-hydrogen) atoms. The number of nitrogens with one attached hydrogen (secondary N) is 1. The molecular weight excluding hydrogens is 350 g/mol. The Balaban J connectivity index is 1.54. The molecule has 0 aromatic heterocycles. The van der Waals surface area contributed by atoms with Crippen LogP contribution in [-0.2, 0) is 0 Å². The number of ketones is 1. The lowest BCUT2D eigenvalue weighted by Crippen LogP contribution is -2.32. The Labute approximate surface area is 164 Å². The van der Waals surface area contributed by atoms with Gasteiger partial charge in [-0.2, -0.15) is 0 Å². The molecule has 0 radical (unpaired) electrons. The third-order valence-electron chi connectivity index (χ3n) is 5.76. The standard InChI is InChI=1S/C24H23NO3/c1-14-3-4-15(2)20-13-18(9-10-19(14)20)21-11-12-22(25-21)23(26)16-5-7-17(8-6-16)24(27)28/h3-10,13,21-22,25H,11-12H2,1-2H3,(H,27,28)/t21?,22-/m1/s1. The van der Waals surface area contributed by atoms with Gasteiger partial charge in [0.25, 0.3) is 0 Å². The quantitative estimate of drug-likeness (QED) is 0.643. The van der Waals surface area contributed by atoms with Crippen LogP contribution in [0.1, 0.15) is 56.3 Å². The molecule has 1 heterocycles. The number of hydrogen-bond acceptors (Lipinski definition) is 3. The lowest BCUT2D eigenvalue weighted by atomic mass is 9.96. The Morgan fingerprint density at radius 1 is 0.857 bits per heavy atom. The first-order valence-electron chi connectivity index (χ1n) is 9.57. The van der Waals surface area contributed by atoms with Crippen molar-refractivity contribution < 1.29 is 14.7 Å². The Bertz CT molecular complexity index is 1070. The van der Waals surface area contributed by atoms with E-state index in [0.717, 1.165) is 12.8 Å². The number of aromatic carboxylic acids is 1. The maximum absolute atomic E-state index is 12.8. The maximum Gasteiger partial charge on any atom is 0.335 e. The average molecular weight is 373 g/mol. The molecule has 1 aliphatic heterocycles. The SMILES string of the molecule is Cc1ccc(C)c2cc(C3CC[C@H](C(=O)c4ccc(C(=O)O)cc4)N3)ccc12. The third kappa shape index (κ3) is 3.32. The molecule has 4 rings (SSSR count). The van der Waals surface area contributed by atoms with Gasteiger partial charge in [-0.05, 0) is 72.4 Å². The maximum atomic E-state index is 12.8. The van der Waals surface area contributed by atoms with Crippen molar-refractivity contribution in [3.8, 4) is 0 Å². The van der Waals surface area contributed by atoms with Crippen molar-refractivity contribution in [2.75, 3.05) is 0 Å². The molecule has 1 aliphatic rings. The number of carbonyl (C=O) groups excluding carboxylic acids is 1. The number of hydrogen-bond donors (Lipinski definition) is 2. The molecule has 4 nitrogen and oxygen atoms in total. The Morgan fingerprint density at radius 2 is 1.50 bits per heavy atom. The predicted molar refractivity (Wildman–Crippen MR) is 110 cm³/mol. The molecule has 1 fully saturated rings. The summed E-state index contributed by atoms with van der Waals surface area (Å²) in [6.45, 7) is 4.25. The van der Waals surface area contributed by atoms with Crippen molar-refractivity contribution in [1.82, 2.24) is 5.32 Å². The summed E-state index contributed by atoms with van der Waals surface area (Å²) in [5.41, 5.74) is 4.47. The monoisotopic (exact) mass is 373 g/mol. The van der Waals surface area contributed by atoms with Crippen LogP contribution in [0.2, 0.25) is 0 Å². The second kappa shape index (κ2) is 7.21. The summed E-state index contributed by atoms with van der Waals surface area (Å²) in [7, 11) is 0. The minimum atomic E-state index is -0.986. The van der Waals surface area contributed by atoms with Crippen LogP contribution in [0.4, 0.5) is 0 Å². The highest BCUT2D eigenvalue weighted by Gasteiger charge is 2.30. The van der Waals surface area contributed by atoms with Gasteiger partial charge >= 0.3 is 5.97 Å². The molecule has 0 saturated carbocycles. The Kier molecular flexibility index (Phi) is 4.73. The van der Waals surface area contributed by atoms with Crippen LogP contribution < -0.4 is 5.32 Å². The number of carboxylic acid groups (broad SMARTS) is 1. The largest absolute Gasteiger partial charge is 0.478 e. The number of carbonyl (C=O) groups is 2. The van der Waals surface area contributed by atoms with Gasteiger partial charge in [0.05, 0.1) is 11.6 Å². The van der Waals surface area contributed by atoms with Crippen LogP contribution in [-0.4, -0.2) is 22.9 Å². The van der Waals surface area contributed by atoms with Crippen LogP contribution >= 0.6 is 0 Å².